The predicted octanol–water partition coefficient (Wildman–Crippen LogP) is 9.02. The molecule has 2 aliphatic carbocycles. The lowest BCUT2D eigenvalue weighted by atomic mass is 9.77. The number of fused-ring (bicyclic) bond motifs is 3. The molecule has 0 amide bonds. The van der Waals surface area contributed by atoms with E-state index >= 15 is 0 Å². The van der Waals surface area contributed by atoms with E-state index < -0.39 is 0 Å². The van der Waals surface area contributed by atoms with E-state index in [0.717, 1.165) is 18.4 Å². The van der Waals surface area contributed by atoms with Crippen molar-refractivity contribution in [2.24, 2.45) is 0 Å². The van der Waals surface area contributed by atoms with Gasteiger partial charge in [0.15, 0.2) is 0 Å². The highest BCUT2D eigenvalue weighted by Gasteiger charge is 2.42. The molecule has 0 heterocycles. The van der Waals surface area contributed by atoms with Crippen molar-refractivity contribution in [1.29, 1.82) is 0 Å². The first-order chi connectivity index (χ1) is 15.3. The summed E-state index contributed by atoms with van der Waals surface area (Å²) < 4.78 is 0. The largest absolute Gasteiger partial charge is 0.0911 e. The van der Waals surface area contributed by atoms with Crippen molar-refractivity contribution in [1.82, 2.24) is 0 Å². The van der Waals surface area contributed by atoms with Gasteiger partial charge in [0.25, 0.3) is 0 Å². The lowest BCUT2D eigenvalue weighted by molar-refractivity contribution is 0.609. The second-order valence-electron chi connectivity index (χ2n) is 9.85. The molecule has 2 aromatic rings. The fourth-order valence-corrected chi connectivity index (χ4v) is 5.92. The molecule has 2 aromatic carbocycles. The van der Waals surface area contributed by atoms with Crippen LogP contribution < -0.4 is 0 Å². The molecule has 0 aliphatic heterocycles. The normalized spacial score (nSPS) is 19.4. The fourth-order valence-electron chi connectivity index (χ4n) is 5.92. The lowest BCUT2D eigenvalue weighted by Gasteiger charge is -2.27. The van der Waals surface area contributed by atoms with Crippen LogP contribution in [-0.2, 0) is 5.41 Å². The van der Waals surface area contributed by atoms with Gasteiger partial charge in [0.1, 0.15) is 0 Å². The molecule has 0 heteroatoms. The van der Waals surface area contributed by atoms with Crippen molar-refractivity contribution in [3.8, 4) is 0 Å². The molecular formula is C32H36. The molecule has 0 aromatic heterocycles. The molecule has 1 atom stereocenters. The Morgan fingerprint density at radius 2 is 1.81 bits per heavy atom. The van der Waals surface area contributed by atoms with Crippen LogP contribution in [0.2, 0.25) is 0 Å². The minimum absolute atomic E-state index is 0.0899. The Morgan fingerprint density at radius 1 is 1.06 bits per heavy atom. The molecule has 0 radical (unpaired) electrons. The van der Waals surface area contributed by atoms with Gasteiger partial charge >= 0.3 is 0 Å². The van der Waals surface area contributed by atoms with Crippen LogP contribution in [0.4, 0.5) is 0 Å². The molecule has 2 aliphatic rings. The van der Waals surface area contributed by atoms with Gasteiger partial charge in [0.2, 0.25) is 0 Å². The van der Waals surface area contributed by atoms with E-state index in [2.05, 4.69) is 115 Å². The van der Waals surface area contributed by atoms with Crippen LogP contribution in [0, 0.1) is 13.8 Å². The summed E-state index contributed by atoms with van der Waals surface area (Å²) in [5.74, 6) is 0.547. The second kappa shape index (κ2) is 8.58. The van der Waals surface area contributed by atoms with Gasteiger partial charge in [-0.15, -0.1) is 0 Å². The molecule has 4 rings (SSSR count). The summed E-state index contributed by atoms with van der Waals surface area (Å²) in [4.78, 5) is 0. The number of benzene rings is 2. The zero-order valence-corrected chi connectivity index (χ0v) is 20.5. The molecule has 0 spiro atoms. The molecule has 1 unspecified atom stereocenters. The van der Waals surface area contributed by atoms with Crippen LogP contribution in [0.15, 0.2) is 84.5 Å². The molecule has 0 fully saturated rings. The Bertz CT molecular complexity index is 1190. The molecule has 0 nitrogen and oxygen atoms in total. The quantitative estimate of drug-likeness (QED) is 0.423. The second-order valence-corrected chi connectivity index (χ2v) is 9.85. The highest BCUT2D eigenvalue weighted by molar-refractivity contribution is 5.79. The SMILES string of the molecule is C=C(/C=C\C(C)=C(/CC)c1ccc2c(c1C)C(C)(C)C1=CC=CCC12)c1ccccc1C. The monoisotopic (exact) mass is 420 g/mol. The summed E-state index contributed by atoms with van der Waals surface area (Å²) in [5.41, 5.74) is 13.9. The van der Waals surface area contributed by atoms with Crippen molar-refractivity contribution in [3.63, 3.8) is 0 Å². The fraction of sp³-hybridized carbons (Fsp3) is 0.312. The molecule has 0 bridgehead atoms. The first-order valence-corrected chi connectivity index (χ1v) is 11.9. The van der Waals surface area contributed by atoms with Crippen LogP contribution in [0.25, 0.3) is 11.1 Å². The minimum atomic E-state index is 0.0899. The van der Waals surface area contributed by atoms with Gasteiger partial charge in [-0.3, -0.25) is 0 Å². The number of hydrogen-bond acceptors (Lipinski definition) is 0. The van der Waals surface area contributed by atoms with Crippen LogP contribution in [0.1, 0.15) is 79.8 Å². The molecule has 0 saturated heterocycles. The van der Waals surface area contributed by atoms with Gasteiger partial charge in [-0.25, -0.2) is 0 Å². The van der Waals surface area contributed by atoms with E-state index in [0.29, 0.717) is 5.92 Å². The lowest BCUT2D eigenvalue weighted by Crippen LogP contribution is -2.18. The van der Waals surface area contributed by atoms with E-state index in [9.17, 15) is 0 Å². The van der Waals surface area contributed by atoms with Gasteiger partial charge in [0, 0.05) is 11.3 Å². The van der Waals surface area contributed by atoms with Gasteiger partial charge < -0.3 is 0 Å². The Morgan fingerprint density at radius 3 is 2.53 bits per heavy atom. The van der Waals surface area contributed by atoms with E-state index in [4.69, 9.17) is 0 Å². The van der Waals surface area contributed by atoms with Crippen LogP contribution in [0.5, 0.6) is 0 Å². The third kappa shape index (κ3) is 3.66. The summed E-state index contributed by atoms with van der Waals surface area (Å²) in [6.07, 6.45) is 13.5. The maximum absolute atomic E-state index is 4.32. The van der Waals surface area contributed by atoms with E-state index in [-0.39, 0.29) is 5.41 Å². The van der Waals surface area contributed by atoms with Crippen molar-refractivity contribution in [3.05, 3.63) is 118 Å². The highest BCUT2D eigenvalue weighted by atomic mass is 14.5. The number of rotatable bonds is 5. The van der Waals surface area contributed by atoms with E-state index in [1.807, 2.05) is 0 Å². The Kier molecular flexibility index (Phi) is 5.99. The van der Waals surface area contributed by atoms with E-state index in [1.165, 1.54) is 39.0 Å². The smallest absolute Gasteiger partial charge is 0.0120 e. The number of allylic oxidation sites excluding steroid dienone is 9. The Labute approximate surface area is 194 Å². The molecular weight excluding hydrogens is 384 g/mol. The van der Waals surface area contributed by atoms with Crippen LogP contribution in [-0.4, -0.2) is 0 Å². The van der Waals surface area contributed by atoms with Crippen molar-refractivity contribution >= 4 is 11.1 Å². The van der Waals surface area contributed by atoms with Crippen LogP contribution >= 0.6 is 0 Å². The summed E-state index contributed by atoms with van der Waals surface area (Å²) >= 11 is 0. The van der Waals surface area contributed by atoms with Gasteiger partial charge in [-0.2, -0.15) is 0 Å². The molecule has 0 saturated carbocycles. The summed E-state index contributed by atoms with van der Waals surface area (Å²) in [7, 11) is 0. The minimum Gasteiger partial charge on any atom is -0.0911 e. The van der Waals surface area contributed by atoms with E-state index in [1.54, 1.807) is 11.1 Å². The molecule has 164 valence electrons. The number of hydrogen-bond donors (Lipinski definition) is 0. The first-order valence-electron chi connectivity index (χ1n) is 11.9. The topological polar surface area (TPSA) is 0 Å². The summed E-state index contributed by atoms with van der Waals surface area (Å²) in [5, 5.41) is 0. The van der Waals surface area contributed by atoms with Gasteiger partial charge in [-0.1, -0.05) is 99.7 Å². The van der Waals surface area contributed by atoms with Crippen molar-refractivity contribution < 1.29 is 0 Å². The molecule has 0 N–H and O–H groups in total. The average Bonchev–Trinajstić information content (AvgIpc) is 3.02. The van der Waals surface area contributed by atoms with Crippen LogP contribution in [0.3, 0.4) is 0 Å². The third-order valence-electron chi connectivity index (χ3n) is 7.56. The third-order valence-corrected chi connectivity index (χ3v) is 7.56. The molecule has 32 heavy (non-hydrogen) atoms. The zero-order chi connectivity index (χ0) is 23.0. The summed E-state index contributed by atoms with van der Waals surface area (Å²) in [6, 6.07) is 13.2. The van der Waals surface area contributed by atoms with Crippen molar-refractivity contribution in [2.45, 2.75) is 65.7 Å². The Hall–Kier alpha value is -2.86. The maximum atomic E-state index is 4.32. The summed E-state index contributed by atoms with van der Waals surface area (Å²) in [6.45, 7) is 18.1. The predicted molar refractivity (Wildman–Crippen MR) is 141 cm³/mol. The maximum Gasteiger partial charge on any atom is 0.0120 e. The van der Waals surface area contributed by atoms with Gasteiger partial charge in [-0.05, 0) is 83.7 Å². The Balaban J connectivity index is 1.74. The highest BCUT2D eigenvalue weighted by Crippen LogP contribution is 2.54. The average molecular weight is 421 g/mol. The van der Waals surface area contributed by atoms with Crippen molar-refractivity contribution in [2.75, 3.05) is 0 Å². The first kappa shape index (κ1) is 22.3. The standard InChI is InChI=1S/C32H36/c1-8-25(22(3)17-18-23(4)26-14-10-9-13-21(26)2)27-19-20-29-28-15-11-12-16-30(28)32(6,7)31(29)24(27)5/h9-14,16-20,28H,4,8,15H2,1-3,5-7H3/b18-17-,25-22+. The number of aryl methyl sites for hydroxylation is 1. The zero-order valence-electron chi connectivity index (χ0n) is 20.5. The van der Waals surface area contributed by atoms with Gasteiger partial charge in [0.05, 0.1) is 0 Å².